The first-order chi connectivity index (χ1) is 7.73. The van der Waals surface area contributed by atoms with Gasteiger partial charge in [-0.25, -0.2) is 0 Å². The second-order valence-electron chi connectivity index (χ2n) is 4.76. The number of aromatic nitrogens is 2. The van der Waals surface area contributed by atoms with Crippen LogP contribution >= 0.6 is 0 Å². The van der Waals surface area contributed by atoms with Crippen molar-refractivity contribution in [2.75, 3.05) is 13.2 Å². The highest BCUT2D eigenvalue weighted by Gasteiger charge is 2.28. The Kier molecular flexibility index (Phi) is 3.61. The van der Waals surface area contributed by atoms with Crippen molar-refractivity contribution in [1.82, 2.24) is 15.1 Å². The molecular formula is C12H21N3O. The van der Waals surface area contributed by atoms with Crippen LogP contribution in [0.2, 0.25) is 0 Å². The highest BCUT2D eigenvalue weighted by atomic mass is 16.5. The van der Waals surface area contributed by atoms with Crippen LogP contribution in [0.4, 0.5) is 0 Å². The average molecular weight is 223 g/mol. The molecule has 2 rings (SSSR count). The van der Waals surface area contributed by atoms with E-state index >= 15 is 0 Å². The van der Waals surface area contributed by atoms with Crippen LogP contribution in [0, 0.1) is 0 Å². The Morgan fingerprint density at radius 1 is 1.62 bits per heavy atom. The van der Waals surface area contributed by atoms with Crippen molar-refractivity contribution < 1.29 is 4.74 Å². The van der Waals surface area contributed by atoms with Gasteiger partial charge in [0.1, 0.15) is 0 Å². The second kappa shape index (κ2) is 4.97. The van der Waals surface area contributed by atoms with E-state index in [0.717, 1.165) is 39.1 Å². The van der Waals surface area contributed by atoms with Gasteiger partial charge in [0.2, 0.25) is 0 Å². The van der Waals surface area contributed by atoms with E-state index in [1.807, 2.05) is 6.20 Å². The predicted molar refractivity (Wildman–Crippen MR) is 63.2 cm³/mol. The van der Waals surface area contributed by atoms with Crippen LogP contribution in [-0.2, 0) is 17.8 Å². The van der Waals surface area contributed by atoms with Gasteiger partial charge in [-0.15, -0.1) is 0 Å². The highest BCUT2D eigenvalue weighted by Crippen LogP contribution is 2.18. The molecule has 4 heteroatoms. The fraction of sp³-hybridized carbons (Fsp3) is 0.750. The second-order valence-corrected chi connectivity index (χ2v) is 4.76. The first-order valence-electron chi connectivity index (χ1n) is 6.07. The van der Waals surface area contributed by atoms with Gasteiger partial charge in [0, 0.05) is 31.4 Å². The number of nitrogens with zero attached hydrogens (tertiary/aromatic N) is 2. The largest absolute Gasteiger partial charge is 0.379 e. The SMILES string of the molecule is CCCn1nccc1CNC1(C)CCOC1. The van der Waals surface area contributed by atoms with Gasteiger partial charge in [-0.3, -0.25) is 4.68 Å². The number of ether oxygens (including phenoxy) is 1. The summed E-state index contributed by atoms with van der Waals surface area (Å²) in [4.78, 5) is 0. The van der Waals surface area contributed by atoms with Crippen molar-refractivity contribution in [2.45, 2.75) is 45.3 Å². The van der Waals surface area contributed by atoms with Gasteiger partial charge < -0.3 is 10.1 Å². The normalized spacial score (nSPS) is 25.1. The predicted octanol–water partition coefficient (Wildman–Crippen LogP) is 1.56. The van der Waals surface area contributed by atoms with Crippen molar-refractivity contribution in [3.63, 3.8) is 0 Å². The lowest BCUT2D eigenvalue weighted by atomic mass is 10.0. The summed E-state index contributed by atoms with van der Waals surface area (Å²) in [6, 6.07) is 2.09. The summed E-state index contributed by atoms with van der Waals surface area (Å²) in [7, 11) is 0. The number of nitrogens with one attached hydrogen (secondary N) is 1. The van der Waals surface area contributed by atoms with E-state index in [1.165, 1.54) is 5.69 Å². The summed E-state index contributed by atoms with van der Waals surface area (Å²) in [6.07, 6.45) is 4.09. The summed E-state index contributed by atoms with van der Waals surface area (Å²) in [6.45, 7) is 7.95. The van der Waals surface area contributed by atoms with E-state index in [0.29, 0.717) is 0 Å². The molecule has 0 spiro atoms. The van der Waals surface area contributed by atoms with Gasteiger partial charge in [-0.2, -0.15) is 5.10 Å². The summed E-state index contributed by atoms with van der Waals surface area (Å²) in [5.41, 5.74) is 1.40. The van der Waals surface area contributed by atoms with Crippen LogP contribution in [-0.4, -0.2) is 28.5 Å². The lowest BCUT2D eigenvalue weighted by molar-refractivity contribution is 0.171. The van der Waals surface area contributed by atoms with Crippen LogP contribution in [0.3, 0.4) is 0 Å². The fourth-order valence-corrected chi connectivity index (χ4v) is 2.03. The molecule has 0 aliphatic carbocycles. The molecule has 0 amide bonds. The lowest BCUT2D eigenvalue weighted by Crippen LogP contribution is -2.42. The molecule has 1 atom stereocenters. The Hall–Kier alpha value is -0.870. The first-order valence-corrected chi connectivity index (χ1v) is 6.07. The maximum absolute atomic E-state index is 5.42. The maximum Gasteiger partial charge on any atom is 0.0646 e. The van der Waals surface area contributed by atoms with Crippen molar-refractivity contribution in [1.29, 1.82) is 0 Å². The Balaban J connectivity index is 1.91. The first kappa shape index (κ1) is 11.6. The van der Waals surface area contributed by atoms with Crippen molar-refractivity contribution in [3.05, 3.63) is 18.0 Å². The molecular weight excluding hydrogens is 202 g/mol. The zero-order valence-electron chi connectivity index (χ0n) is 10.2. The molecule has 0 bridgehead atoms. The fourth-order valence-electron chi connectivity index (χ4n) is 2.03. The summed E-state index contributed by atoms with van der Waals surface area (Å²) in [5, 5.41) is 7.89. The Labute approximate surface area is 97.0 Å². The summed E-state index contributed by atoms with van der Waals surface area (Å²) < 4.78 is 7.50. The van der Waals surface area contributed by atoms with E-state index < -0.39 is 0 Å². The Morgan fingerprint density at radius 2 is 2.50 bits per heavy atom. The van der Waals surface area contributed by atoms with E-state index in [-0.39, 0.29) is 5.54 Å². The Bertz CT molecular complexity index is 329. The summed E-state index contributed by atoms with van der Waals surface area (Å²) >= 11 is 0. The molecule has 1 unspecified atom stereocenters. The number of aryl methyl sites for hydroxylation is 1. The molecule has 2 heterocycles. The minimum absolute atomic E-state index is 0.140. The molecule has 1 aromatic heterocycles. The molecule has 1 aromatic rings. The molecule has 1 fully saturated rings. The molecule has 90 valence electrons. The number of hydrogen-bond donors (Lipinski definition) is 1. The third kappa shape index (κ3) is 2.62. The van der Waals surface area contributed by atoms with Gasteiger partial charge in [0.15, 0.2) is 0 Å². The van der Waals surface area contributed by atoms with Crippen LogP contribution in [0.1, 0.15) is 32.4 Å². The Morgan fingerprint density at radius 3 is 3.19 bits per heavy atom. The van der Waals surface area contributed by atoms with Gasteiger partial charge in [-0.1, -0.05) is 6.92 Å². The van der Waals surface area contributed by atoms with Crippen LogP contribution in [0.5, 0.6) is 0 Å². The van der Waals surface area contributed by atoms with Gasteiger partial charge >= 0.3 is 0 Å². The van der Waals surface area contributed by atoms with Crippen LogP contribution in [0.15, 0.2) is 12.3 Å². The third-order valence-corrected chi connectivity index (χ3v) is 3.16. The molecule has 1 saturated heterocycles. The van der Waals surface area contributed by atoms with Gasteiger partial charge in [0.25, 0.3) is 0 Å². The molecule has 0 aromatic carbocycles. The minimum Gasteiger partial charge on any atom is -0.379 e. The molecule has 16 heavy (non-hydrogen) atoms. The third-order valence-electron chi connectivity index (χ3n) is 3.16. The number of hydrogen-bond acceptors (Lipinski definition) is 3. The molecule has 1 aliphatic heterocycles. The molecule has 1 aliphatic rings. The zero-order chi connectivity index (χ0) is 11.4. The van der Waals surface area contributed by atoms with Gasteiger partial charge in [0.05, 0.1) is 12.3 Å². The van der Waals surface area contributed by atoms with Crippen molar-refractivity contribution in [2.24, 2.45) is 0 Å². The van der Waals surface area contributed by atoms with Crippen LogP contribution < -0.4 is 5.32 Å². The zero-order valence-corrected chi connectivity index (χ0v) is 10.2. The highest BCUT2D eigenvalue weighted by molar-refractivity contribution is 5.02. The summed E-state index contributed by atoms with van der Waals surface area (Å²) in [5.74, 6) is 0. The monoisotopic (exact) mass is 223 g/mol. The molecule has 4 nitrogen and oxygen atoms in total. The van der Waals surface area contributed by atoms with E-state index in [2.05, 4.69) is 35.0 Å². The standard InChI is InChI=1S/C12H21N3O/c1-3-7-15-11(4-6-14-15)9-13-12(2)5-8-16-10-12/h4,6,13H,3,5,7-10H2,1-2H3. The lowest BCUT2D eigenvalue weighted by Gasteiger charge is -2.23. The molecule has 0 saturated carbocycles. The van der Waals surface area contributed by atoms with E-state index in [9.17, 15) is 0 Å². The topological polar surface area (TPSA) is 39.1 Å². The maximum atomic E-state index is 5.42. The average Bonchev–Trinajstić information content (AvgIpc) is 2.86. The number of rotatable bonds is 5. The quantitative estimate of drug-likeness (QED) is 0.823. The molecule has 1 N–H and O–H groups in total. The van der Waals surface area contributed by atoms with Crippen molar-refractivity contribution in [3.8, 4) is 0 Å². The smallest absolute Gasteiger partial charge is 0.0646 e. The molecule has 0 radical (unpaired) electrons. The van der Waals surface area contributed by atoms with Gasteiger partial charge in [-0.05, 0) is 25.8 Å². The van der Waals surface area contributed by atoms with E-state index in [4.69, 9.17) is 4.74 Å². The van der Waals surface area contributed by atoms with Crippen LogP contribution in [0.25, 0.3) is 0 Å². The minimum atomic E-state index is 0.140. The van der Waals surface area contributed by atoms with Crippen molar-refractivity contribution >= 4 is 0 Å². The van der Waals surface area contributed by atoms with E-state index in [1.54, 1.807) is 0 Å².